The van der Waals surface area contributed by atoms with Gasteiger partial charge in [0.2, 0.25) is 0 Å². The molecule has 0 bridgehead atoms. The van der Waals surface area contributed by atoms with Gasteiger partial charge in [-0.3, -0.25) is 18.6 Å². The molecule has 0 aliphatic heterocycles. The van der Waals surface area contributed by atoms with E-state index in [1.807, 2.05) is 12.2 Å². The van der Waals surface area contributed by atoms with Gasteiger partial charge in [0.25, 0.3) is 0 Å². The monoisotopic (exact) mass is 761 g/mol. The second-order valence-corrected chi connectivity index (χ2v) is 14.6. The van der Waals surface area contributed by atoms with Gasteiger partial charge in [-0.1, -0.05) is 150 Å². The summed E-state index contributed by atoms with van der Waals surface area (Å²) in [6.07, 6.45) is 50.8. The number of carbonyl (C=O) groups is 2. The molecule has 2 atom stereocenters. The van der Waals surface area contributed by atoms with Crippen LogP contribution in [0.2, 0.25) is 0 Å². The molecule has 2 unspecified atom stereocenters. The lowest BCUT2D eigenvalue weighted by molar-refractivity contribution is -0.161. The van der Waals surface area contributed by atoms with E-state index in [2.05, 4.69) is 91.3 Å². The first-order valence-corrected chi connectivity index (χ1v) is 21.8. The SMILES string of the molecule is CC/C=C\C/C=C\C/C=C\C/C=C\C/C=C\C/C=C\CCC(=O)OC(COC(=O)CCCCCCC/C=C\CCCCCCCC)COP(=O)(O)OC. The molecule has 53 heavy (non-hydrogen) atoms. The quantitative estimate of drug-likeness (QED) is 0.0291. The first-order valence-electron chi connectivity index (χ1n) is 20.3. The Balaban J connectivity index is 4.20. The van der Waals surface area contributed by atoms with E-state index >= 15 is 0 Å². The van der Waals surface area contributed by atoms with Crippen molar-refractivity contribution >= 4 is 19.8 Å². The Kier molecular flexibility index (Phi) is 36.9. The molecule has 0 aromatic carbocycles. The Labute approximate surface area is 323 Å². The fourth-order valence-corrected chi connectivity index (χ4v) is 5.49. The summed E-state index contributed by atoms with van der Waals surface area (Å²) in [4.78, 5) is 34.4. The van der Waals surface area contributed by atoms with Crippen LogP contribution in [0.25, 0.3) is 0 Å². The standard InChI is InChI=1S/C44H73O8P/c1-4-6-8-10-12-14-16-18-20-21-22-23-25-27-29-31-33-35-37-39-44(46)52-42(41-51-53(47,48)49-3)40-50-43(45)38-36-34-32-30-28-26-24-19-17-15-13-11-9-7-5-2/h6,8,12,14,18-20,22-24,27,29,33,35,42H,4-5,7,9-11,13,15-17,21,25-26,28,30-32,34,36-41H2,1-3H3,(H,47,48)/b8-6-,14-12-,20-18-,23-22-,24-19-,29-27-,35-33-. The van der Waals surface area contributed by atoms with Gasteiger partial charge in [-0.15, -0.1) is 0 Å². The molecule has 9 heteroatoms. The summed E-state index contributed by atoms with van der Waals surface area (Å²) in [6.45, 7) is 3.68. The zero-order valence-corrected chi connectivity index (χ0v) is 34.3. The summed E-state index contributed by atoms with van der Waals surface area (Å²) in [5.41, 5.74) is 0. The highest BCUT2D eigenvalue weighted by Crippen LogP contribution is 2.42. The van der Waals surface area contributed by atoms with Crippen molar-refractivity contribution in [2.24, 2.45) is 0 Å². The molecule has 302 valence electrons. The maximum atomic E-state index is 12.5. The minimum absolute atomic E-state index is 0.114. The Bertz CT molecular complexity index is 1130. The van der Waals surface area contributed by atoms with Crippen LogP contribution in [0.5, 0.6) is 0 Å². The van der Waals surface area contributed by atoms with Crippen molar-refractivity contribution < 1.29 is 37.6 Å². The van der Waals surface area contributed by atoms with E-state index in [0.29, 0.717) is 6.42 Å². The second kappa shape index (κ2) is 38.9. The summed E-state index contributed by atoms with van der Waals surface area (Å²) in [5, 5.41) is 0. The van der Waals surface area contributed by atoms with Crippen molar-refractivity contribution in [1.29, 1.82) is 0 Å². The van der Waals surface area contributed by atoms with Crippen molar-refractivity contribution in [2.45, 2.75) is 161 Å². The van der Waals surface area contributed by atoms with Crippen LogP contribution in [0.1, 0.15) is 155 Å². The molecule has 0 aromatic rings. The van der Waals surface area contributed by atoms with Crippen molar-refractivity contribution in [1.82, 2.24) is 0 Å². The fourth-order valence-electron chi connectivity index (χ4n) is 5.03. The van der Waals surface area contributed by atoms with Crippen LogP contribution in [0.15, 0.2) is 85.1 Å². The summed E-state index contributed by atoms with van der Waals surface area (Å²) >= 11 is 0. The lowest BCUT2D eigenvalue weighted by Gasteiger charge is -2.19. The zero-order chi connectivity index (χ0) is 38.9. The van der Waals surface area contributed by atoms with E-state index in [1.165, 1.54) is 44.9 Å². The number of phosphoric acid groups is 1. The molecule has 0 amide bonds. The van der Waals surface area contributed by atoms with E-state index in [4.69, 9.17) is 14.0 Å². The molecule has 0 aliphatic carbocycles. The highest BCUT2D eigenvalue weighted by molar-refractivity contribution is 7.47. The first kappa shape index (κ1) is 50.2. The molecule has 0 rings (SSSR count). The molecule has 0 radical (unpaired) electrons. The molecular formula is C44H73O8P. The van der Waals surface area contributed by atoms with Crippen LogP contribution in [0.4, 0.5) is 0 Å². The highest BCUT2D eigenvalue weighted by Gasteiger charge is 2.24. The molecule has 8 nitrogen and oxygen atoms in total. The van der Waals surface area contributed by atoms with E-state index in [-0.39, 0.29) is 19.4 Å². The Morgan fingerprint density at radius 2 is 1.00 bits per heavy atom. The van der Waals surface area contributed by atoms with Gasteiger partial charge in [0.1, 0.15) is 6.61 Å². The molecule has 0 saturated heterocycles. The second-order valence-electron chi connectivity index (χ2n) is 13.0. The Morgan fingerprint density at radius 3 is 1.51 bits per heavy atom. The average Bonchev–Trinajstić information content (AvgIpc) is 3.15. The van der Waals surface area contributed by atoms with Gasteiger partial charge >= 0.3 is 19.8 Å². The first-order chi connectivity index (χ1) is 25.8. The number of carbonyl (C=O) groups excluding carboxylic acids is 2. The molecule has 0 aliphatic rings. The molecule has 0 heterocycles. The predicted molar refractivity (Wildman–Crippen MR) is 221 cm³/mol. The van der Waals surface area contributed by atoms with Crippen molar-refractivity contribution in [2.75, 3.05) is 20.3 Å². The lowest BCUT2D eigenvalue weighted by atomic mass is 10.1. The number of unbranched alkanes of at least 4 members (excludes halogenated alkanes) is 11. The van der Waals surface area contributed by atoms with Gasteiger partial charge in [0.05, 0.1) is 6.61 Å². The minimum Gasteiger partial charge on any atom is -0.462 e. The smallest absolute Gasteiger partial charge is 0.462 e. The van der Waals surface area contributed by atoms with E-state index in [0.717, 1.165) is 84.2 Å². The Morgan fingerprint density at radius 1 is 0.547 bits per heavy atom. The minimum atomic E-state index is -4.29. The van der Waals surface area contributed by atoms with Gasteiger partial charge in [-0.2, -0.15) is 0 Å². The van der Waals surface area contributed by atoms with Gasteiger partial charge < -0.3 is 14.4 Å². The van der Waals surface area contributed by atoms with Gasteiger partial charge in [-0.05, 0) is 77.0 Å². The third-order valence-electron chi connectivity index (χ3n) is 8.14. The van der Waals surface area contributed by atoms with Crippen LogP contribution in [0.3, 0.4) is 0 Å². The number of rotatable bonds is 36. The number of ether oxygens (including phenoxy) is 2. The van der Waals surface area contributed by atoms with E-state index < -0.39 is 32.5 Å². The van der Waals surface area contributed by atoms with Gasteiger partial charge in [0, 0.05) is 20.0 Å². The molecular weight excluding hydrogens is 687 g/mol. The summed E-state index contributed by atoms with van der Waals surface area (Å²) in [6, 6.07) is 0. The lowest BCUT2D eigenvalue weighted by Crippen LogP contribution is -2.29. The van der Waals surface area contributed by atoms with Crippen LogP contribution < -0.4 is 0 Å². The predicted octanol–water partition coefficient (Wildman–Crippen LogP) is 12.7. The van der Waals surface area contributed by atoms with E-state index in [1.54, 1.807) is 0 Å². The normalized spacial score (nSPS) is 14.3. The zero-order valence-electron chi connectivity index (χ0n) is 33.4. The number of allylic oxidation sites excluding steroid dienone is 14. The largest absolute Gasteiger partial charge is 0.472 e. The van der Waals surface area contributed by atoms with Gasteiger partial charge in [0.15, 0.2) is 6.10 Å². The third kappa shape index (κ3) is 38.8. The summed E-state index contributed by atoms with van der Waals surface area (Å²) in [7, 11) is -3.24. The number of phosphoric ester groups is 1. The number of esters is 2. The molecule has 0 spiro atoms. The number of hydrogen-bond acceptors (Lipinski definition) is 7. The van der Waals surface area contributed by atoms with Crippen molar-refractivity contribution in [3.63, 3.8) is 0 Å². The average molecular weight is 761 g/mol. The molecule has 0 fully saturated rings. The van der Waals surface area contributed by atoms with Crippen LogP contribution in [0, 0.1) is 0 Å². The van der Waals surface area contributed by atoms with Crippen LogP contribution >= 0.6 is 7.82 Å². The van der Waals surface area contributed by atoms with E-state index in [9.17, 15) is 19.0 Å². The fraction of sp³-hybridized carbons (Fsp3) is 0.636. The summed E-state index contributed by atoms with van der Waals surface area (Å²) < 4.78 is 31.8. The molecule has 1 N–H and O–H groups in total. The van der Waals surface area contributed by atoms with Crippen LogP contribution in [-0.4, -0.2) is 43.3 Å². The van der Waals surface area contributed by atoms with Crippen molar-refractivity contribution in [3.05, 3.63) is 85.1 Å². The molecule has 0 aromatic heterocycles. The highest BCUT2D eigenvalue weighted by atomic mass is 31.2. The summed E-state index contributed by atoms with van der Waals surface area (Å²) in [5.74, 6) is -0.919. The maximum absolute atomic E-state index is 12.5. The third-order valence-corrected chi connectivity index (χ3v) is 9.07. The maximum Gasteiger partial charge on any atom is 0.472 e. The van der Waals surface area contributed by atoms with Crippen LogP contribution in [-0.2, 0) is 32.7 Å². The van der Waals surface area contributed by atoms with Crippen molar-refractivity contribution in [3.8, 4) is 0 Å². The number of hydrogen-bond donors (Lipinski definition) is 1. The topological polar surface area (TPSA) is 108 Å². The molecule has 0 saturated carbocycles. The van der Waals surface area contributed by atoms with Gasteiger partial charge in [-0.25, -0.2) is 4.57 Å². The Hall–Kier alpha value is -2.77.